The first kappa shape index (κ1) is 12.7. The molecule has 0 amide bonds. The lowest BCUT2D eigenvalue weighted by Gasteiger charge is -2.10. The lowest BCUT2D eigenvalue weighted by Crippen LogP contribution is -1.98. The van der Waals surface area contributed by atoms with Crippen molar-refractivity contribution in [3.63, 3.8) is 0 Å². The monoisotopic (exact) mass is 242 g/mol. The largest absolute Gasteiger partial charge is 0.489 e. The van der Waals surface area contributed by atoms with Gasteiger partial charge in [0.2, 0.25) is 0 Å². The summed E-state index contributed by atoms with van der Waals surface area (Å²) in [5, 5.41) is 8.90. The van der Waals surface area contributed by atoms with E-state index in [1.165, 1.54) is 0 Å². The van der Waals surface area contributed by atoms with Gasteiger partial charge >= 0.3 is 0 Å². The third-order valence-corrected chi connectivity index (χ3v) is 2.88. The number of hydrogen-bond donors (Lipinski definition) is 1. The molecule has 0 saturated carbocycles. The summed E-state index contributed by atoms with van der Waals surface area (Å²) in [6.45, 7) is 2.80. The van der Waals surface area contributed by atoms with Crippen molar-refractivity contribution in [1.29, 1.82) is 0 Å². The molecule has 0 fully saturated rings. The van der Waals surface area contributed by atoms with Crippen LogP contribution in [0.15, 0.2) is 48.5 Å². The molecule has 0 saturated heterocycles. The molecule has 0 aliphatic rings. The van der Waals surface area contributed by atoms with Crippen LogP contribution in [0.1, 0.15) is 16.7 Å². The van der Waals surface area contributed by atoms with E-state index in [1.807, 2.05) is 37.3 Å². The Bertz CT molecular complexity index is 492. The third kappa shape index (κ3) is 3.34. The quantitative estimate of drug-likeness (QED) is 0.873. The van der Waals surface area contributed by atoms with Crippen molar-refractivity contribution in [2.45, 2.75) is 20.0 Å². The molecule has 1 N–H and O–H groups in total. The van der Waals surface area contributed by atoms with Gasteiger partial charge in [0, 0.05) is 6.61 Å². The number of aliphatic hydroxyl groups is 1. The molecular formula is C16H18O2. The Morgan fingerprint density at radius 2 is 1.78 bits per heavy atom. The molecule has 2 rings (SSSR count). The number of hydrogen-bond acceptors (Lipinski definition) is 2. The Morgan fingerprint density at radius 3 is 2.44 bits per heavy atom. The second-order valence-corrected chi connectivity index (χ2v) is 4.35. The van der Waals surface area contributed by atoms with Crippen LogP contribution in [-0.2, 0) is 13.0 Å². The Morgan fingerprint density at radius 1 is 1.00 bits per heavy atom. The molecule has 2 aromatic rings. The van der Waals surface area contributed by atoms with Crippen molar-refractivity contribution in [3.05, 3.63) is 65.2 Å². The van der Waals surface area contributed by atoms with Gasteiger partial charge in [-0.1, -0.05) is 42.5 Å². The molecular weight excluding hydrogens is 224 g/mol. The summed E-state index contributed by atoms with van der Waals surface area (Å²) in [6, 6.07) is 16.2. The van der Waals surface area contributed by atoms with Crippen LogP contribution in [0.2, 0.25) is 0 Å². The standard InChI is InChI=1S/C16H18O2/c1-13-11-14(9-10-17)7-8-16(13)18-12-15-5-3-2-4-6-15/h2-8,11,17H,9-10,12H2,1H3. The van der Waals surface area contributed by atoms with Crippen molar-refractivity contribution >= 4 is 0 Å². The van der Waals surface area contributed by atoms with Crippen LogP contribution in [-0.4, -0.2) is 11.7 Å². The third-order valence-electron chi connectivity index (χ3n) is 2.88. The fourth-order valence-electron chi connectivity index (χ4n) is 1.89. The molecule has 0 bridgehead atoms. The smallest absolute Gasteiger partial charge is 0.122 e. The maximum atomic E-state index is 8.90. The fraction of sp³-hybridized carbons (Fsp3) is 0.250. The van der Waals surface area contributed by atoms with Crippen LogP contribution in [0.3, 0.4) is 0 Å². The number of benzene rings is 2. The van der Waals surface area contributed by atoms with Gasteiger partial charge < -0.3 is 9.84 Å². The van der Waals surface area contributed by atoms with E-state index in [9.17, 15) is 0 Å². The zero-order valence-electron chi connectivity index (χ0n) is 10.6. The van der Waals surface area contributed by atoms with E-state index in [1.54, 1.807) is 0 Å². The topological polar surface area (TPSA) is 29.5 Å². The lowest BCUT2D eigenvalue weighted by molar-refractivity contribution is 0.298. The van der Waals surface area contributed by atoms with Gasteiger partial charge in [0.15, 0.2) is 0 Å². The Kier molecular flexibility index (Phi) is 4.37. The predicted molar refractivity (Wildman–Crippen MR) is 72.7 cm³/mol. The van der Waals surface area contributed by atoms with E-state index >= 15 is 0 Å². The van der Waals surface area contributed by atoms with Crippen molar-refractivity contribution in [3.8, 4) is 5.75 Å². The number of aryl methyl sites for hydroxylation is 1. The molecule has 0 radical (unpaired) electrons. The Balaban J connectivity index is 2.01. The highest BCUT2D eigenvalue weighted by Gasteiger charge is 2.01. The molecule has 0 aromatic heterocycles. The highest BCUT2D eigenvalue weighted by atomic mass is 16.5. The molecule has 0 unspecified atom stereocenters. The Hall–Kier alpha value is -1.80. The number of ether oxygens (including phenoxy) is 1. The van der Waals surface area contributed by atoms with Gasteiger partial charge in [-0.15, -0.1) is 0 Å². The average molecular weight is 242 g/mol. The van der Waals surface area contributed by atoms with Gasteiger partial charge in [0.05, 0.1) is 0 Å². The Labute approximate surface area is 108 Å². The van der Waals surface area contributed by atoms with E-state index in [-0.39, 0.29) is 6.61 Å². The van der Waals surface area contributed by atoms with Gasteiger partial charge in [0.1, 0.15) is 12.4 Å². The maximum absolute atomic E-state index is 8.90. The van der Waals surface area contributed by atoms with Crippen LogP contribution < -0.4 is 4.74 Å². The molecule has 0 heterocycles. The summed E-state index contributed by atoms with van der Waals surface area (Å²) < 4.78 is 5.79. The van der Waals surface area contributed by atoms with Gasteiger partial charge in [0.25, 0.3) is 0 Å². The van der Waals surface area contributed by atoms with Crippen LogP contribution in [0.4, 0.5) is 0 Å². The first-order chi connectivity index (χ1) is 8.79. The molecule has 2 nitrogen and oxygen atoms in total. The molecule has 0 aliphatic heterocycles. The summed E-state index contributed by atoms with van der Waals surface area (Å²) in [4.78, 5) is 0. The van der Waals surface area contributed by atoms with Gasteiger partial charge in [-0.25, -0.2) is 0 Å². The first-order valence-electron chi connectivity index (χ1n) is 6.16. The van der Waals surface area contributed by atoms with E-state index < -0.39 is 0 Å². The van der Waals surface area contributed by atoms with E-state index in [0.29, 0.717) is 13.0 Å². The highest BCUT2D eigenvalue weighted by molar-refractivity contribution is 5.36. The first-order valence-corrected chi connectivity index (χ1v) is 6.16. The minimum absolute atomic E-state index is 0.184. The highest BCUT2D eigenvalue weighted by Crippen LogP contribution is 2.20. The van der Waals surface area contributed by atoms with E-state index in [4.69, 9.17) is 9.84 Å². The lowest BCUT2D eigenvalue weighted by atomic mass is 10.1. The van der Waals surface area contributed by atoms with Crippen molar-refractivity contribution in [2.75, 3.05) is 6.61 Å². The van der Waals surface area contributed by atoms with E-state index in [0.717, 1.165) is 22.4 Å². The van der Waals surface area contributed by atoms with Crippen molar-refractivity contribution in [2.24, 2.45) is 0 Å². The minimum Gasteiger partial charge on any atom is -0.489 e. The summed E-state index contributed by atoms with van der Waals surface area (Å²) in [5.74, 6) is 0.903. The number of aliphatic hydroxyl groups excluding tert-OH is 1. The van der Waals surface area contributed by atoms with E-state index in [2.05, 4.69) is 18.2 Å². The minimum atomic E-state index is 0.184. The second kappa shape index (κ2) is 6.22. The molecule has 0 spiro atoms. The summed E-state index contributed by atoms with van der Waals surface area (Å²) in [5.41, 5.74) is 3.41. The molecule has 2 aromatic carbocycles. The van der Waals surface area contributed by atoms with Crippen LogP contribution in [0, 0.1) is 6.92 Å². The van der Waals surface area contributed by atoms with Crippen LogP contribution in [0.5, 0.6) is 5.75 Å². The average Bonchev–Trinajstić information content (AvgIpc) is 2.39. The second-order valence-electron chi connectivity index (χ2n) is 4.35. The molecule has 18 heavy (non-hydrogen) atoms. The van der Waals surface area contributed by atoms with Crippen molar-refractivity contribution in [1.82, 2.24) is 0 Å². The van der Waals surface area contributed by atoms with Crippen LogP contribution in [0.25, 0.3) is 0 Å². The zero-order chi connectivity index (χ0) is 12.8. The molecule has 0 aliphatic carbocycles. The maximum Gasteiger partial charge on any atom is 0.122 e. The van der Waals surface area contributed by atoms with Gasteiger partial charge in [-0.05, 0) is 36.1 Å². The number of rotatable bonds is 5. The molecule has 2 heteroatoms. The van der Waals surface area contributed by atoms with Gasteiger partial charge in [-0.3, -0.25) is 0 Å². The normalized spacial score (nSPS) is 10.3. The van der Waals surface area contributed by atoms with Crippen LogP contribution >= 0.6 is 0 Å². The SMILES string of the molecule is Cc1cc(CCO)ccc1OCc1ccccc1. The molecule has 94 valence electrons. The zero-order valence-corrected chi connectivity index (χ0v) is 10.6. The summed E-state index contributed by atoms with van der Waals surface area (Å²) >= 11 is 0. The predicted octanol–water partition coefficient (Wildman–Crippen LogP) is 3.11. The van der Waals surface area contributed by atoms with Crippen molar-refractivity contribution < 1.29 is 9.84 Å². The molecule has 0 atom stereocenters. The summed E-state index contributed by atoms with van der Waals surface area (Å²) in [6.07, 6.45) is 0.694. The fourth-order valence-corrected chi connectivity index (χ4v) is 1.89. The summed E-state index contributed by atoms with van der Waals surface area (Å²) in [7, 11) is 0. The van der Waals surface area contributed by atoms with Gasteiger partial charge in [-0.2, -0.15) is 0 Å².